The topological polar surface area (TPSA) is 130 Å². The maximum atomic E-state index is 12.4. The first kappa shape index (κ1) is 28.7. The highest BCUT2D eigenvalue weighted by Gasteiger charge is 2.32. The zero-order valence-electron chi connectivity index (χ0n) is 21.5. The summed E-state index contributed by atoms with van der Waals surface area (Å²) in [5.74, 6) is 0.0795. The summed E-state index contributed by atoms with van der Waals surface area (Å²) in [6.45, 7) is -0.0165. The second kappa shape index (κ2) is 14.8. The van der Waals surface area contributed by atoms with E-state index in [1.54, 1.807) is 23.4 Å². The molecule has 39 heavy (non-hydrogen) atoms. The lowest BCUT2D eigenvalue weighted by Gasteiger charge is -2.36. The van der Waals surface area contributed by atoms with Crippen molar-refractivity contribution in [2.75, 3.05) is 11.1 Å². The lowest BCUT2D eigenvalue weighted by Crippen LogP contribution is -2.31. The summed E-state index contributed by atoms with van der Waals surface area (Å²) in [6, 6.07) is 21.0. The maximum absolute atomic E-state index is 12.4. The van der Waals surface area contributed by atoms with E-state index < -0.39 is 12.2 Å². The van der Waals surface area contributed by atoms with Gasteiger partial charge >= 0.3 is 0 Å². The molecule has 0 bridgehead atoms. The summed E-state index contributed by atoms with van der Waals surface area (Å²) in [7, 11) is 0. The molecular formula is C29H33N3O6S. The summed E-state index contributed by atoms with van der Waals surface area (Å²) in [4.78, 5) is 27.9. The quantitative estimate of drug-likeness (QED) is 0.108. The van der Waals surface area contributed by atoms with E-state index in [1.807, 2.05) is 66.7 Å². The van der Waals surface area contributed by atoms with Crippen molar-refractivity contribution >= 4 is 29.3 Å². The fourth-order valence-electron chi connectivity index (χ4n) is 4.25. The Morgan fingerprint density at radius 2 is 1.74 bits per heavy atom. The smallest absolute Gasteiger partial charge is 0.243 e. The lowest BCUT2D eigenvalue weighted by atomic mass is 10.0. The molecule has 10 heteroatoms. The van der Waals surface area contributed by atoms with Gasteiger partial charge in [-0.1, -0.05) is 42.5 Å². The van der Waals surface area contributed by atoms with Crippen molar-refractivity contribution in [2.45, 2.75) is 62.2 Å². The maximum Gasteiger partial charge on any atom is 0.243 e. The average Bonchev–Trinajstić information content (AvgIpc) is 2.98. The van der Waals surface area contributed by atoms with E-state index in [4.69, 9.17) is 14.7 Å². The van der Waals surface area contributed by atoms with Crippen LogP contribution < -0.4 is 10.8 Å². The SMILES string of the molecule is O=C(CCCCC(=O)Nc1cccc(C2OC(CSc3ccccn3)CC(c3ccc(CO)cc3)O2)c1)NO. The number of aliphatic hydroxyl groups is 1. The first-order chi connectivity index (χ1) is 19.0. The van der Waals surface area contributed by atoms with Gasteiger partial charge in [-0.25, -0.2) is 10.5 Å². The van der Waals surface area contributed by atoms with Gasteiger partial charge in [0.15, 0.2) is 6.29 Å². The molecule has 206 valence electrons. The Morgan fingerprint density at radius 1 is 0.949 bits per heavy atom. The zero-order valence-corrected chi connectivity index (χ0v) is 22.3. The molecule has 9 nitrogen and oxygen atoms in total. The van der Waals surface area contributed by atoms with E-state index >= 15 is 0 Å². The highest BCUT2D eigenvalue weighted by atomic mass is 32.2. The molecule has 2 amide bonds. The van der Waals surface area contributed by atoms with Gasteiger partial charge in [-0.3, -0.25) is 14.8 Å². The van der Waals surface area contributed by atoms with Crippen LogP contribution in [-0.2, 0) is 25.7 Å². The standard InChI is InChI=1S/C29H33N3O6S/c33-18-20-11-13-21(14-12-20)25-17-24(19-39-28-10-3-4-15-30-28)37-29(38-25)22-6-5-7-23(16-22)31-26(34)8-1-2-9-27(35)32-36/h3-7,10-16,24-25,29,33,36H,1-2,8-9,17-19H2,(H,31,34)(H,32,35). The van der Waals surface area contributed by atoms with E-state index in [0.29, 0.717) is 30.7 Å². The molecule has 2 aromatic carbocycles. The van der Waals surface area contributed by atoms with Gasteiger partial charge in [0.25, 0.3) is 0 Å². The number of aromatic nitrogens is 1. The molecule has 1 fully saturated rings. The molecule has 0 saturated carbocycles. The summed E-state index contributed by atoms with van der Waals surface area (Å²) in [6.07, 6.45) is 2.95. The van der Waals surface area contributed by atoms with Gasteiger partial charge in [-0.05, 0) is 48.2 Å². The number of benzene rings is 2. The van der Waals surface area contributed by atoms with Crippen LogP contribution in [0.2, 0.25) is 0 Å². The number of unbranched alkanes of at least 4 members (excludes halogenated alkanes) is 1. The molecular weight excluding hydrogens is 518 g/mol. The van der Waals surface area contributed by atoms with Crippen molar-refractivity contribution in [3.63, 3.8) is 0 Å². The number of aliphatic hydroxyl groups excluding tert-OH is 1. The van der Waals surface area contributed by atoms with Crippen molar-refractivity contribution in [2.24, 2.45) is 0 Å². The van der Waals surface area contributed by atoms with Crippen LogP contribution in [-0.4, -0.2) is 39.0 Å². The zero-order chi connectivity index (χ0) is 27.5. The number of pyridine rings is 1. The Kier molecular flexibility index (Phi) is 10.9. The number of ether oxygens (including phenoxy) is 2. The van der Waals surface area contributed by atoms with Crippen molar-refractivity contribution in [3.8, 4) is 0 Å². The van der Waals surface area contributed by atoms with Crippen molar-refractivity contribution in [3.05, 3.63) is 89.6 Å². The van der Waals surface area contributed by atoms with E-state index in [0.717, 1.165) is 21.7 Å². The number of anilines is 1. The molecule has 0 radical (unpaired) electrons. The molecule has 1 aliphatic heterocycles. The minimum Gasteiger partial charge on any atom is -0.392 e. The predicted octanol–water partition coefficient (Wildman–Crippen LogP) is 4.92. The molecule has 1 aliphatic rings. The number of carbonyl (C=O) groups is 2. The van der Waals surface area contributed by atoms with Crippen LogP contribution in [0.5, 0.6) is 0 Å². The highest BCUT2D eigenvalue weighted by Crippen LogP contribution is 2.39. The third-order valence-corrected chi connectivity index (χ3v) is 7.37. The van der Waals surface area contributed by atoms with Crippen LogP contribution >= 0.6 is 11.8 Å². The van der Waals surface area contributed by atoms with Crippen molar-refractivity contribution < 1.29 is 29.4 Å². The van der Waals surface area contributed by atoms with E-state index in [9.17, 15) is 14.7 Å². The number of thioether (sulfide) groups is 1. The molecule has 4 N–H and O–H groups in total. The largest absolute Gasteiger partial charge is 0.392 e. The van der Waals surface area contributed by atoms with Gasteiger partial charge in [0.1, 0.15) is 0 Å². The Bertz CT molecular complexity index is 1210. The number of hydroxylamine groups is 1. The van der Waals surface area contributed by atoms with Crippen LogP contribution in [0.15, 0.2) is 78.0 Å². The lowest BCUT2D eigenvalue weighted by molar-refractivity contribution is -0.245. The third-order valence-electron chi connectivity index (χ3n) is 6.29. The van der Waals surface area contributed by atoms with Crippen LogP contribution in [0.1, 0.15) is 61.2 Å². The molecule has 0 spiro atoms. The molecule has 4 rings (SSSR count). The normalized spacial score (nSPS) is 18.9. The Hall–Kier alpha value is -3.28. The van der Waals surface area contributed by atoms with Gasteiger partial charge in [0.2, 0.25) is 11.8 Å². The number of carbonyl (C=O) groups excluding carboxylic acids is 2. The molecule has 3 unspecified atom stereocenters. The summed E-state index contributed by atoms with van der Waals surface area (Å²) in [5.41, 5.74) is 4.86. The number of hydrogen-bond donors (Lipinski definition) is 4. The van der Waals surface area contributed by atoms with Crippen LogP contribution in [0.3, 0.4) is 0 Å². The molecule has 0 aliphatic carbocycles. The monoisotopic (exact) mass is 551 g/mol. The van der Waals surface area contributed by atoms with Gasteiger partial charge in [0.05, 0.1) is 23.8 Å². The Morgan fingerprint density at radius 3 is 2.46 bits per heavy atom. The van der Waals surface area contributed by atoms with Gasteiger partial charge in [0, 0.05) is 42.5 Å². The van der Waals surface area contributed by atoms with Gasteiger partial charge < -0.3 is 19.9 Å². The first-order valence-corrected chi connectivity index (χ1v) is 13.9. The minimum atomic E-state index is -0.635. The number of nitrogens with one attached hydrogen (secondary N) is 2. The summed E-state index contributed by atoms with van der Waals surface area (Å²) in [5, 5.41) is 21.8. The first-order valence-electron chi connectivity index (χ1n) is 12.9. The second-order valence-electron chi connectivity index (χ2n) is 9.24. The average molecular weight is 552 g/mol. The molecule has 3 aromatic rings. The number of hydrogen-bond acceptors (Lipinski definition) is 8. The summed E-state index contributed by atoms with van der Waals surface area (Å²) < 4.78 is 12.8. The predicted molar refractivity (Wildman–Crippen MR) is 147 cm³/mol. The number of rotatable bonds is 12. The minimum absolute atomic E-state index is 0.0165. The van der Waals surface area contributed by atoms with Crippen LogP contribution in [0.4, 0.5) is 5.69 Å². The van der Waals surface area contributed by atoms with Gasteiger partial charge in [-0.2, -0.15) is 0 Å². The fourth-order valence-corrected chi connectivity index (χ4v) is 5.13. The van der Waals surface area contributed by atoms with E-state index in [2.05, 4.69) is 10.3 Å². The van der Waals surface area contributed by atoms with E-state index in [-0.39, 0.29) is 37.6 Å². The van der Waals surface area contributed by atoms with E-state index in [1.165, 1.54) is 0 Å². The molecule has 1 aromatic heterocycles. The fraction of sp³-hybridized carbons (Fsp3) is 0.345. The molecule has 2 heterocycles. The molecule has 1 saturated heterocycles. The van der Waals surface area contributed by atoms with Crippen molar-refractivity contribution in [1.82, 2.24) is 10.5 Å². The van der Waals surface area contributed by atoms with Crippen molar-refractivity contribution in [1.29, 1.82) is 0 Å². The number of nitrogens with zero attached hydrogens (tertiary/aromatic N) is 1. The Balaban J connectivity index is 1.43. The van der Waals surface area contributed by atoms with Gasteiger partial charge in [-0.15, -0.1) is 11.8 Å². The second-order valence-corrected chi connectivity index (χ2v) is 10.3. The third kappa shape index (κ3) is 8.87. The van der Waals surface area contributed by atoms with Crippen LogP contribution in [0.25, 0.3) is 0 Å². The highest BCUT2D eigenvalue weighted by molar-refractivity contribution is 7.99. The molecule has 3 atom stereocenters. The Labute approximate surface area is 231 Å². The number of amides is 2. The van der Waals surface area contributed by atoms with Crippen LogP contribution in [0, 0.1) is 0 Å². The summed E-state index contributed by atoms with van der Waals surface area (Å²) >= 11 is 1.63.